The zero-order chi connectivity index (χ0) is 20.9. The maximum absolute atomic E-state index is 12.7. The van der Waals surface area contributed by atoms with Gasteiger partial charge in [-0.1, -0.05) is 25.5 Å². The molecule has 0 aliphatic carbocycles. The third kappa shape index (κ3) is 4.45. The molecule has 1 N–H and O–H groups in total. The number of methoxy groups -OCH3 is 1. The second-order valence-corrected chi connectivity index (χ2v) is 8.69. The van der Waals surface area contributed by atoms with Gasteiger partial charge in [0.15, 0.2) is 5.76 Å². The van der Waals surface area contributed by atoms with Gasteiger partial charge in [-0.2, -0.15) is 0 Å². The Morgan fingerprint density at radius 2 is 1.97 bits per heavy atom. The highest BCUT2D eigenvalue weighted by Crippen LogP contribution is 2.41. The third-order valence-corrected chi connectivity index (χ3v) is 6.82. The maximum atomic E-state index is 12.7. The number of rotatable bonds is 7. The topological polar surface area (TPSA) is 54.7 Å². The van der Waals surface area contributed by atoms with Crippen LogP contribution in [0.15, 0.2) is 53.1 Å². The lowest BCUT2D eigenvalue weighted by molar-refractivity contribution is 0.0996. The summed E-state index contributed by atoms with van der Waals surface area (Å²) in [5, 5.41) is 4.02. The molecule has 1 amide bonds. The molecule has 1 aliphatic heterocycles. The van der Waals surface area contributed by atoms with Gasteiger partial charge in [0.2, 0.25) is 0 Å². The Morgan fingerprint density at radius 3 is 2.60 bits per heavy atom. The van der Waals surface area contributed by atoms with Crippen LogP contribution in [-0.2, 0) is 6.42 Å². The summed E-state index contributed by atoms with van der Waals surface area (Å²) in [4.78, 5) is 16.5. The van der Waals surface area contributed by atoms with E-state index in [1.54, 1.807) is 30.6 Å². The van der Waals surface area contributed by atoms with E-state index in [4.69, 9.17) is 9.15 Å². The van der Waals surface area contributed by atoms with Crippen LogP contribution < -0.4 is 10.1 Å². The Morgan fingerprint density at radius 1 is 1.20 bits per heavy atom. The lowest BCUT2D eigenvalue weighted by atomic mass is 9.95. The Kier molecular flexibility index (Phi) is 6.55. The minimum absolute atomic E-state index is 0.0969. The average Bonchev–Trinajstić information content (AvgIpc) is 3.46. The summed E-state index contributed by atoms with van der Waals surface area (Å²) in [7, 11) is 1.69. The number of ether oxygens (including phenoxy) is 1. The number of anilines is 1. The summed E-state index contributed by atoms with van der Waals surface area (Å²) in [5.41, 5.74) is 2.37. The van der Waals surface area contributed by atoms with Gasteiger partial charge in [-0.3, -0.25) is 9.69 Å². The zero-order valence-corrected chi connectivity index (χ0v) is 18.3. The minimum atomic E-state index is -0.210. The van der Waals surface area contributed by atoms with Gasteiger partial charge in [0.05, 0.1) is 19.4 Å². The summed E-state index contributed by atoms with van der Waals surface area (Å²) in [6.45, 7) is 4.26. The third-order valence-electron chi connectivity index (χ3n) is 5.61. The molecule has 0 unspecified atom stereocenters. The molecule has 3 aromatic rings. The van der Waals surface area contributed by atoms with Crippen molar-refractivity contribution in [1.82, 2.24) is 4.90 Å². The monoisotopic (exact) mass is 424 g/mol. The van der Waals surface area contributed by atoms with Crippen molar-refractivity contribution >= 4 is 22.2 Å². The van der Waals surface area contributed by atoms with Crippen molar-refractivity contribution in [3.8, 4) is 5.75 Å². The first-order valence-corrected chi connectivity index (χ1v) is 11.4. The summed E-state index contributed by atoms with van der Waals surface area (Å²) >= 11 is 1.65. The van der Waals surface area contributed by atoms with E-state index in [0.29, 0.717) is 5.76 Å². The highest BCUT2D eigenvalue weighted by Gasteiger charge is 2.28. The second-order valence-electron chi connectivity index (χ2n) is 7.55. The highest BCUT2D eigenvalue weighted by atomic mass is 32.1. The molecule has 0 spiro atoms. The molecule has 0 radical (unpaired) electrons. The van der Waals surface area contributed by atoms with E-state index in [9.17, 15) is 4.79 Å². The maximum Gasteiger partial charge on any atom is 0.291 e. The molecule has 1 saturated heterocycles. The largest absolute Gasteiger partial charge is 0.497 e. The number of carbonyl (C=O) groups is 1. The van der Waals surface area contributed by atoms with Gasteiger partial charge in [-0.15, -0.1) is 11.3 Å². The molecule has 30 heavy (non-hydrogen) atoms. The van der Waals surface area contributed by atoms with Gasteiger partial charge in [0.25, 0.3) is 5.91 Å². The average molecular weight is 425 g/mol. The number of hydrogen-bond donors (Lipinski definition) is 1. The van der Waals surface area contributed by atoms with Crippen LogP contribution >= 0.6 is 11.3 Å². The van der Waals surface area contributed by atoms with Crippen LogP contribution in [0.3, 0.4) is 0 Å². The Labute approximate surface area is 181 Å². The summed E-state index contributed by atoms with van der Waals surface area (Å²) in [5.74, 6) is 0.964. The predicted molar refractivity (Wildman–Crippen MR) is 121 cm³/mol. The fraction of sp³-hybridized carbons (Fsp3) is 0.375. The molecule has 1 atom stereocenters. The molecule has 0 saturated carbocycles. The minimum Gasteiger partial charge on any atom is -0.497 e. The summed E-state index contributed by atoms with van der Waals surface area (Å²) in [6, 6.07) is 14.1. The normalized spacial score (nSPS) is 15.7. The van der Waals surface area contributed by atoms with Crippen molar-refractivity contribution in [3.05, 3.63) is 70.5 Å². The predicted octanol–water partition coefficient (Wildman–Crippen LogP) is 5.74. The molecule has 1 fully saturated rings. The van der Waals surface area contributed by atoms with Crippen LogP contribution in [0.2, 0.25) is 0 Å². The number of hydrogen-bond acceptors (Lipinski definition) is 5. The fourth-order valence-corrected chi connectivity index (χ4v) is 5.08. The molecule has 3 heterocycles. The first kappa shape index (κ1) is 20.7. The number of nitrogens with one attached hydrogen (secondary N) is 1. The quantitative estimate of drug-likeness (QED) is 0.525. The van der Waals surface area contributed by atoms with Gasteiger partial charge in [-0.05, 0) is 68.2 Å². The van der Waals surface area contributed by atoms with Gasteiger partial charge < -0.3 is 14.5 Å². The molecule has 6 heteroatoms. The first-order valence-electron chi connectivity index (χ1n) is 10.5. The van der Waals surface area contributed by atoms with Crippen LogP contribution in [0.4, 0.5) is 5.00 Å². The molecule has 158 valence electrons. The van der Waals surface area contributed by atoms with Crippen molar-refractivity contribution in [2.45, 2.75) is 38.6 Å². The van der Waals surface area contributed by atoms with E-state index >= 15 is 0 Å². The van der Waals surface area contributed by atoms with Crippen molar-refractivity contribution in [2.24, 2.45) is 0 Å². The zero-order valence-electron chi connectivity index (χ0n) is 17.5. The van der Waals surface area contributed by atoms with Crippen LogP contribution in [0.25, 0.3) is 0 Å². The number of piperidine rings is 1. The molecule has 2 aromatic heterocycles. The van der Waals surface area contributed by atoms with Gasteiger partial charge >= 0.3 is 0 Å². The van der Waals surface area contributed by atoms with Crippen molar-refractivity contribution < 1.29 is 13.9 Å². The smallest absolute Gasteiger partial charge is 0.291 e. The van der Waals surface area contributed by atoms with E-state index in [-0.39, 0.29) is 11.9 Å². The molecule has 0 bridgehead atoms. The van der Waals surface area contributed by atoms with Crippen LogP contribution in [0.1, 0.15) is 58.8 Å². The number of carbonyl (C=O) groups excluding carboxylic acids is 1. The van der Waals surface area contributed by atoms with E-state index in [1.165, 1.54) is 36.0 Å². The number of thiophene rings is 1. The number of benzene rings is 1. The molecular formula is C24H28N2O3S. The first-order chi connectivity index (χ1) is 14.7. The SMILES string of the molecule is CCc1cc([C@@H](c2ccc(OC)cc2)N2CCCCC2)c(NC(=O)c2ccco2)s1. The van der Waals surface area contributed by atoms with Crippen LogP contribution in [-0.4, -0.2) is 31.0 Å². The highest BCUT2D eigenvalue weighted by molar-refractivity contribution is 7.16. The fourth-order valence-electron chi connectivity index (χ4n) is 4.06. The number of furan rings is 1. The van der Waals surface area contributed by atoms with Crippen LogP contribution in [0.5, 0.6) is 5.75 Å². The molecule has 1 aliphatic rings. The summed E-state index contributed by atoms with van der Waals surface area (Å²) < 4.78 is 10.7. The van der Waals surface area contributed by atoms with Gasteiger partial charge in [-0.25, -0.2) is 0 Å². The van der Waals surface area contributed by atoms with E-state index in [1.807, 2.05) is 12.1 Å². The summed E-state index contributed by atoms with van der Waals surface area (Å²) in [6.07, 6.45) is 6.13. The molecule has 5 nitrogen and oxygen atoms in total. The van der Waals surface area contributed by atoms with E-state index < -0.39 is 0 Å². The van der Waals surface area contributed by atoms with Crippen LogP contribution in [0, 0.1) is 0 Å². The molecule has 1 aromatic carbocycles. The number of amides is 1. The number of nitrogens with zero attached hydrogens (tertiary/aromatic N) is 1. The lowest BCUT2D eigenvalue weighted by Crippen LogP contribution is -2.34. The Hall–Kier alpha value is -2.57. The lowest BCUT2D eigenvalue weighted by Gasteiger charge is -2.35. The van der Waals surface area contributed by atoms with Gasteiger partial charge in [0.1, 0.15) is 10.8 Å². The molecule has 4 rings (SSSR count). The van der Waals surface area contributed by atoms with Crippen molar-refractivity contribution in [2.75, 3.05) is 25.5 Å². The van der Waals surface area contributed by atoms with E-state index in [0.717, 1.165) is 35.8 Å². The van der Waals surface area contributed by atoms with Crippen molar-refractivity contribution in [3.63, 3.8) is 0 Å². The Bertz CT molecular complexity index is 957. The molecular weight excluding hydrogens is 396 g/mol. The second kappa shape index (κ2) is 9.49. The van der Waals surface area contributed by atoms with Gasteiger partial charge in [0, 0.05) is 10.4 Å². The number of likely N-dealkylation sites (tertiary alicyclic amines) is 1. The van der Waals surface area contributed by atoms with Crippen molar-refractivity contribution in [1.29, 1.82) is 0 Å². The standard InChI is InChI=1S/C24H28N2O3S/c1-3-19-16-20(24(30-19)25-23(27)21-8-7-15-29-21)22(26-13-5-4-6-14-26)17-9-11-18(28-2)12-10-17/h7-12,15-16,22H,3-6,13-14H2,1-2H3,(H,25,27)/t22-/m1/s1. The number of aryl methyl sites for hydroxylation is 1. The van der Waals surface area contributed by atoms with E-state index in [2.05, 4.69) is 35.3 Å². The Balaban J connectivity index is 1.73.